The highest BCUT2D eigenvalue weighted by molar-refractivity contribution is 5.36. The second-order valence-electron chi connectivity index (χ2n) is 4.23. The van der Waals surface area contributed by atoms with Crippen molar-refractivity contribution in [3.63, 3.8) is 0 Å². The molecular weight excluding hydrogens is 244 g/mol. The Kier molecular flexibility index (Phi) is 8.04. The molecule has 0 atom stereocenters. The Balaban J connectivity index is 2.68. The van der Waals surface area contributed by atoms with Gasteiger partial charge < -0.3 is 19.7 Å². The molecule has 0 saturated heterocycles. The zero-order valence-electron chi connectivity index (χ0n) is 12.1. The van der Waals surface area contributed by atoms with Crippen molar-refractivity contribution in [2.75, 3.05) is 52.5 Å². The van der Waals surface area contributed by atoms with Crippen molar-refractivity contribution in [2.24, 2.45) is 0 Å². The number of aromatic nitrogens is 2. The van der Waals surface area contributed by atoms with E-state index in [1.807, 2.05) is 7.05 Å². The molecule has 1 N–H and O–H groups in total. The van der Waals surface area contributed by atoms with Crippen LogP contribution in [0.4, 0.5) is 5.82 Å². The number of nitrogens with one attached hydrogen (secondary N) is 1. The molecule has 0 aliphatic heterocycles. The number of ether oxygens (including phenoxy) is 2. The maximum atomic E-state index is 5.14. The Bertz CT molecular complexity index is 349. The van der Waals surface area contributed by atoms with E-state index in [-0.39, 0.29) is 0 Å². The molecular formula is C13H24N4O2. The quantitative estimate of drug-likeness (QED) is 0.630. The van der Waals surface area contributed by atoms with Gasteiger partial charge in [-0.15, -0.1) is 0 Å². The van der Waals surface area contributed by atoms with Crippen LogP contribution in [0.2, 0.25) is 0 Å². The minimum absolute atomic E-state index is 0.672. The third-order valence-corrected chi connectivity index (χ3v) is 2.70. The molecule has 108 valence electrons. The van der Waals surface area contributed by atoms with Crippen molar-refractivity contribution in [1.82, 2.24) is 15.3 Å². The smallest absolute Gasteiger partial charge is 0.147 e. The average Bonchev–Trinajstić information content (AvgIpc) is 2.43. The first-order chi connectivity index (χ1) is 9.31. The summed E-state index contributed by atoms with van der Waals surface area (Å²) >= 11 is 0. The molecule has 0 spiro atoms. The molecule has 0 amide bonds. The second kappa shape index (κ2) is 9.66. The Morgan fingerprint density at radius 3 is 2.63 bits per heavy atom. The fourth-order valence-electron chi connectivity index (χ4n) is 1.76. The Hall–Kier alpha value is -1.24. The summed E-state index contributed by atoms with van der Waals surface area (Å²) in [6.07, 6.45) is 4.53. The zero-order chi connectivity index (χ0) is 13.9. The van der Waals surface area contributed by atoms with Gasteiger partial charge in [-0.25, -0.2) is 4.98 Å². The number of nitrogens with zero attached hydrogens (tertiary/aromatic N) is 3. The van der Waals surface area contributed by atoms with Gasteiger partial charge in [0.15, 0.2) is 0 Å². The van der Waals surface area contributed by atoms with Gasteiger partial charge in [-0.1, -0.05) is 0 Å². The molecule has 1 heterocycles. The van der Waals surface area contributed by atoms with Crippen molar-refractivity contribution < 1.29 is 9.47 Å². The lowest BCUT2D eigenvalue weighted by Crippen LogP contribution is -2.30. The van der Waals surface area contributed by atoms with E-state index in [2.05, 4.69) is 20.2 Å². The fourth-order valence-corrected chi connectivity index (χ4v) is 1.76. The van der Waals surface area contributed by atoms with E-state index < -0.39 is 0 Å². The number of hydrogen-bond acceptors (Lipinski definition) is 6. The van der Waals surface area contributed by atoms with E-state index in [1.165, 1.54) is 0 Å². The number of rotatable bonds is 10. The van der Waals surface area contributed by atoms with E-state index in [9.17, 15) is 0 Å². The van der Waals surface area contributed by atoms with Gasteiger partial charge in [0.1, 0.15) is 5.82 Å². The molecule has 19 heavy (non-hydrogen) atoms. The molecule has 0 bridgehead atoms. The lowest BCUT2D eigenvalue weighted by Gasteiger charge is -2.23. The van der Waals surface area contributed by atoms with Crippen molar-refractivity contribution in [2.45, 2.75) is 13.0 Å². The SMILES string of the molecule is CNCc1cncc(N(CCCOC)CCOC)n1. The summed E-state index contributed by atoms with van der Waals surface area (Å²) in [4.78, 5) is 11.0. The molecule has 1 aromatic heterocycles. The summed E-state index contributed by atoms with van der Waals surface area (Å²) in [6.45, 7) is 3.82. The van der Waals surface area contributed by atoms with E-state index in [0.29, 0.717) is 6.61 Å². The maximum absolute atomic E-state index is 5.14. The van der Waals surface area contributed by atoms with Crippen molar-refractivity contribution >= 4 is 5.82 Å². The van der Waals surface area contributed by atoms with Crippen LogP contribution in [-0.4, -0.2) is 57.5 Å². The third-order valence-electron chi connectivity index (χ3n) is 2.70. The zero-order valence-corrected chi connectivity index (χ0v) is 12.1. The Labute approximate surface area is 115 Å². The summed E-state index contributed by atoms with van der Waals surface area (Å²) in [6, 6.07) is 0. The fraction of sp³-hybridized carbons (Fsp3) is 0.692. The van der Waals surface area contributed by atoms with Gasteiger partial charge >= 0.3 is 0 Å². The predicted molar refractivity (Wildman–Crippen MR) is 75.4 cm³/mol. The maximum Gasteiger partial charge on any atom is 0.147 e. The lowest BCUT2D eigenvalue weighted by molar-refractivity contribution is 0.191. The van der Waals surface area contributed by atoms with Gasteiger partial charge in [-0.2, -0.15) is 0 Å². The predicted octanol–water partition coefficient (Wildman–Crippen LogP) is 0.685. The van der Waals surface area contributed by atoms with Gasteiger partial charge in [-0.05, 0) is 13.5 Å². The molecule has 0 aliphatic carbocycles. The van der Waals surface area contributed by atoms with Crippen LogP contribution in [0.25, 0.3) is 0 Å². The minimum Gasteiger partial charge on any atom is -0.385 e. The standard InChI is InChI=1S/C13H24N4O2/c1-14-9-12-10-15-11-13(16-12)17(6-8-19-3)5-4-7-18-2/h10-11,14H,4-9H2,1-3H3. The van der Waals surface area contributed by atoms with E-state index in [4.69, 9.17) is 9.47 Å². The van der Waals surface area contributed by atoms with Gasteiger partial charge in [0.05, 0.1) is 18.5 Å². The largest absolute Gasteiger partial charge is 0.385 e. The van der Waals surface area contributed by atoms with Crippen LogP contribution in [0, 0.1) is 0 Å². The first-order valence-corrected chi connectivity index (χ1v) is 6.50. The van der Waals surface area contributed by atoms with Crippen molar-refractivity contribution in [3.8, 4) is 0 Å². The topological polar surface area (TPSA) is 59.5 Å². The summed E-state index contributed by atoms with van der Waals surface area (Å²) < 4.78 is 10.2. The molecule has 6 heteroatoms. The highest BCUT2D eigenvalue weighted by Crippen LogP contribution is 2.10. The normalized spacial score (nSPS) is 10.7. The van der Waals surface area contributed by atoms with Crippen molar-refractivity contribution in [1.29, 1.82) is 0 Å². The molecule has 6 nitrogen and oxygen atoms in total. The number of anilines is 1. The van der Waals surface area contributed by atoms with Crippen LogP contribution in [0.3, 0.4) is 0 Å². The van der Waals surface area contributed by atoms with E-state index in [0.717, 1.165) is 44.2 Å². The Morgan fingerprint density at radius 1 is 1.16 bits per heavy atom. The Morgan fingerprint density at radius 2 is 1.95 bits per heavy atom. The monoisotopic (exact) mass is 268 g/mol. The lowest BCUT2D eigenvalue weighted by atomic mass is 10.3. The summed E-state index contributed by atoms with van der Waals surface area (Å²) in [5.74, 6) is 0.890. The molecule has 0 unspecified atom stereocenters. The molecule has 0 radical (unpaired) electrons. The highest BCUT2D eigenvalue weighted by Gasteiger charge is 2.08. The molecule has 0 aromatic carbocycles. The minimum atomic E-state index is 0.672. The van der Waals surface area contributed by atoms with Gasteiger partial charge in [0.25, 0.3) is 0 Å². The van der Waals surface area contributed by atoms with Gasteiger partial charge in [0, 0.05) is 46.7 Å². The average molecular weight is 268 g/mol. The van der Waals surface area contributed by atoms with Gasteiger partial charge in [0.2, 0.25) is 0 Å². The molecule has 0 saturated carbocycles. The summed E-state index contributed by atoms with van der Waals surface area (Å²) in [5.41, 5.74) is 0.939. The van der Waals surface area contributed by atoms with Crippen LogP contribution >= 0.6 is 0 Å². The first kappa shape index (κ1) is 15.8. The van der Waals surface area contributed by atoms with Gasteiger partial charge in [-0.3, -0.25) is 4.98 Å². The molecule has 1 rings (SSSR count). The number of hydrogen-bond donors (Lipinski definition) is 1. The third kappa shape index (κ3) is 5.96. The van der Waals surface area contributed by atoms with Crippen LogP contribution in [0.15, 0.2) is 12.4 Å². The van der Waals surface area contributed by atoms with E-state index in [1.54, 1.807) is 26.6 Å². The summed E-state index contributed by atoms with van der Waals surface area (Å²) in [7, 11) is 5.32. The number of methoxy groups -OCH3 is 2. The van der Waals surface area contributed by atoms with Crippen molar-refractivity contribution in [3.05, 3.63) is 18.1 Å². The molecule has 0 aliphatic rings. The van der Waals surface area contributed by atoms with E-state index >= 15 is 0 Å². The second-order valence-corrected chi connectivity index (χ2v) is 4.23. The van der Waals surface area contributed by atoms with Crippen LogP contribution in [-0.2, 0) is 16.0 Å². The first-order valence-electron chi connectivity index (χ1n) is 6.50. The molecule has 1 aromatic rings. The van der Waals surface area contributed by atoms with Crippen LogP contribution in [0.5, 0.6) is 0 Å². The molecule has 0 fully saturated rings. The van der Waals surface area contributed by atoms with Crippen LogP contribution in [0.1, 0.15) is 12.1 Å². The highest BCUT2D eigenvalue weighted by atomic mass is 16.5. The summed E-state index contributed by atoms with van der Waals surface area (Å²) in [5, 5.41) is 3.08. The van der Waals surface area contributed by atoms with Crippen LogP contribution < -0.4 is 10.2 Å².